The molecule has 0 aliphatic rings. The van der Waals surface area contributed by atoms with Gasteiger partial charge in [-0.2, -0.15) is 0 Å². The quantitative estimate of drug-likeness (QED) is 0.319. The third-order valence-electron chi connectivity index (χ3n) is 1.65. The zero-order valence-electron chi connectivity index (χ0n) is 7.90. The Morgan fingerprint density at radius 1 is 1.47 bits per heavy atom. The van der Waals surface area contributed by atoms with E-state index in [2.05, 4.69) is 10.0 Å². The van der Waals surface area contributed by atoms with Gasteiger partial charge in [-0.3, -0.25) is 0 Å². The highest BCUT2D eigenvalue weighted by Crippen LogP contribution is 2.15. The Kier molecular flexibility index (Phi) is 4.68. The van der Waals surface area contributed by atoms with Crippen LogP contribution >= 0.6 is 11.6 Å². The van der Waals surface area contributed by atoms with Crippen LogP contribution in [-0.2, 0) is 0 Å². The summed E-state index contributed by atoms with van der Waals surface area (Å²) >= 11 is 5.67. The first kappa shape index (κ1) is 11.6. The molecule has 0 unspecified atom stereocenters. The molecule has 0 atom stereocenters. The maximum atomic E-state index is 12.9. The summed E-state index contributed by atoms with van der Waals surface area (Å²) in [5.74, 6) is -0.364. The number of nitrogens with zero attached hydrogens (tertiary/aromatic N) is 3. The molecule has 5 heteroatoms. The van der Waals surface area contributed by atoms with Crippen molar-refractivity contribution in [3.63, 3.8) is 0 Å². The van der Waals surface area contributed by atoms with E-state index in [4.69, 9.17) is 17.1 Å². The summed E-state index contributed by atoms with van der Waals surface area (Å²) in [7, 11) is 0. The van der Waals surface area contributed by atoms with Crippen LogP contribution in [0.3, 0.4) is 0 Å². The van der Waals surface area contributed by atoms with Gasteiger partial charge in [-0.05, 0) is 35.7 Å². The number of hydrogen-bond acceptors (Lipinski definition) is 1. The smallest absolute Gasteiger partial charge is 0.125 e. The zero-order chi connectivity index (χ0) is 11.1. The van der Waals surface area contributed by atoms with Gasteiger partial charge in [0.1, 0.15) is 5.82 Å². The second-order valence-corrected chi connectivity index (χ2v) is 3.28. The Morgan fingerprint density at radius 2 is 2.27 bits per heavy atom. The van der Waals surface area contributed by atoms with Crippen LogP contribution in [0.2, 0.25) is 5.02 Å². The first-order chi connectivity index (χ1) is 7.22. The fourth-order valence-corrected chi connectivity index (χ4v) is 1.30. The zero-order valence-corrected chi connectivity index (χ0v) is 8.65. The molecule has 0 saturated carbocycles. The molecule has 78 valence electrons. The van der Waals surface area contributed by atoms with Crippen LogP contribution in [0.1, 0.15) is 12.0 Å². The largest absolute Gasteiger partial charge is 0.207 e. The van der Waals surface area contributed by atoms with Gasteiger partial charge >= 0.3 is 0 Å². The molecule has 0 fully saturated rings. The van der Waals surface area contributed by atoms with Crippen molar-refractivity contribution in [3.05, 3.63) is 51.1 Å². The Morgan fingerprint density at radius 3 is 2.93 bits per heavy atom. The molecule has 0 aliphatic carbocycles. The minimum absolute atomic E-state index is 0.364. The molecule has 0 aliphatic heterocycles. The molecule has 1 aromatic rings. The van der Waals surface area contributed by atoms with E-state index >= 15 is 0 Å². The molecule has 15 heavy (non-hydrogen) atoms. The molecule has 1 aromatic carbocycles. The van der Waals surface area contributed by atoms with Gasteiger partial charge in [0, 0.05) is 16.5 Å². The third-order valence-corrected chi connectivity index (χ3v) is 1.87. The van der Waals surface area contributed by atoms with Crippen molar-refractivity contribution < 1.29 is 4.39 Å². The minimum Gasteiger partial charge on any atom is -0.207 e. The Hall–Kier alpha value is -1.51. The number of rotatable bonds is 4. The van der Waals surface area contributed by atoms with Crippen molar-refractivity contribution >= 4 is 17.7 Å². The normalized spacial score (nSPS) is 10.3. The second-order valence-electron chi connectivity index (χ2n) is 2.85. The molecular weight excluding hydrogens is 217 g/mol. The molecular formula is C10H9ClFN3. The van der Waals surface area contributed by atoms with Crippen LogP contribution in [0.25, 0.3) is 16.5 Å². The lowest BCUT2D eigenvalue weighted by Crippen LogP contribution is -1.78. The first-order valence-electron chi connectivity index (χ1n) is 4.36. The van der Waals surface area contributed by atoms with Crippen LogP contribution < -0.4 is 0 Å². The van der Waals surface area contributed by atoms with Gasteiger partial charge in [-0.15, -0.1) is 0 Å². The minimum atomic E-state index is -0.364. The van der Waals surface area contributed by atoms with E-state index in [0.29, 0.717) is 23.6 Å². The van der Waals surface area contributed by atoms with Crippen molar-refractivity contribution in [2.24, 2.45) is 5.11 Å². The molecule has 0 aromatic heterocycles. The molecule has 0 amide bonds. The van der Waals surface area contributed by atoms with Crippen LogP contribution in [0, 0.1) is 5.82 Å². The molecule has 1 rings (SSSR count). The predicted octanol–water partition coefficient (Wildman–Crippen LogP) is 4.19. The van der Waals surface area contributed by atoms with Crippen molar-refractivity contribution in [2.45, 2.75) is 6.42 Å². The van der Waals surface area contributed by atoms with Crippen molar-refractivity contribution in [1.29, 1.82) is 0 Å². The van der Waals surface area contributed by atoms with Crippen molar-refractivity contribution in [1.82, 2.24) is 0 Å². The Labute approximate surface area is 91.8 Å². The highest BCUT2D eigenvalue weighted by atomic mass is 35.5. The van der Waals surface area contributed by atoms with Crippen LogP contribution in [0.15, 0.2) is 29.4 Å². The monoisotopic (exact) mass is 225 g/mol. The van der Waals surface area contributed by atoms with Gasteiger partial charge in [0.05, 0.1) is 0 Å². The van der Waals surface area contributed by atoms with Crippen LogP contribution in [0.5, 0.6) is 0 Å². The highest BCUT2D eigenvalue weighted by Gasteiger charge is 1.95. The van der Waals surface area contributed by atoms with E-state index in [1.165, 1.54) is 12.1 Å². The molecule has 0 saturated heterocycles. The number of halogens is 2. The molecule has 0 bridgehead atoms. The van der Waals surface area contributed by atoms with Gasteiger partial charge < -0.3 is 0 Å². The SMILES string of the molecule is [N-]=[N+]=NCCC=Cc1cc(F)cc(Cl)c1. The summed E-state index contributed by atoms with van der Waals surface area (Å²) in [6.07, 6.45) is 4.17. The average Bonchev–Trinajstić information content (AvgIpc) is 2.16. The van der Waals surface area contributed by atoms with Crippen LogP contribution in [-0.4, -0.2) is 6.54 Å². The summed E-state index contributed by atoms with van der Waals surface area (Å²) in [6.45, 7) is 0.399. The Balaban J connectivity index is 2.59. The lowest BCUT2D eigenvalue weighted by molar-refractivity contribution is 0.627. The number of azide groups is 1. The highest BCUT2D eigenvalue weighted by molar-refractivity contribution is 6.30. The molecule has 0 radical (unpaired) electrons. The Bertz CT molecular complexity index is 391. The number of hydrogen-bond donors (Lipinski definition) is 0. The summed E-state index contributed by atoms with van der Waals surface area (Å²) in [6, 6.07) is 4.30. The van der Waals surface area contributed by atoms with E-state index in [-0.39, 0.29) is 5.82 Å². The molecule has 0 heterocycles. The lowest BCUT2D eigenvalue weighted by atomic mass is 10.2. The van der Waals surface area contributed by atoms with Gasteiger partial charge in [0.15, 0.2) is 0 Å². The standard InChI is InChI=1S/C10H9ClFN3/c11-9-5-8(6-10(12)7-9)3-1-2-4-14-15-13/h1,3,5-7H,2,4H2. The summed E-state index contributed by atoms with van der Waals surface area (Å²) in [4.78, 5) is 2.62. The van der Waals surface area contributed by atoms with E-state index in [1.54, 1.807) is 18.2 Å². The fraction of sp³-hybridized carbons (Fsp3) is 0.200. The maximum Gasteiger partial charge on any atom is 0.125 e. The van der Waals surface area contributed by atoms with Gasteiger partial charge in [0.25, 0.3) is 0 Å². The van der Waals surface area contributed by atoms with Gasteiger partial charge in [-0.25, -0.2) is 4.39 Å². The maximum absolute atomic E-state index is 12.9. The van der Waals surface area contributed by atoms with Crippen LogP contribution in [0.4, 0.5) is 4.39 Å². The van der Waals surface area contributed by atoms with Crippen molar-refractivity contribution in [3.8, 4) is 0 Å². The topological polar surface area (TPSA) is 48.8 Å². The van der Waals surface area contributed by atoms with Gasteiger partial charge in [0.2, 0.25) is 0 Å². The average molecular weight is 226 g/mol. The first-order valence-corrected chi connectivity index (χ1v) is 4.73. The fourth-order valence-electron chi connectivity index (χ4n) is 1.07. The molecule has 3 nitrogen and oxygen atoms in total. The van der Waals surface area contributed by atoms with Crippen molar-refractivity contribution in [2.75, 3.05) is 6.54 Å². The molecule has 0 spiro atoms. The summed E-state index contributed by atoms with van der Waals surface area (Å²) in [5.41, 5.74) is 8.72. The van der Waals surface area contributed by atoms with E-state index in [9.17, 15) is 4.39 Å². The number of benzene rings is 1. The summed E-state index contributed by atoms with van der Waals surface area (Å²) < 4.78 is 12.9. The van der Waals surface area contributed by atoms with E-state index in [0.717, 1.165) is 0 Å². The van der Waals surface area contributed by atoms with E-state index in [1.807, 2.05) is 0 Å². The second kappa shape index (κ2) is 6.06. The summed E-state index contributed by atoms with van der Waals surface area (Å²) in [5, 5.41) is 3.73. The van der Waals surface area contributed by atoms with Gasteiger partial charge in [-0.1, -0.05) is 28.9 Å². The third kappa shape index (κ3) is 4.49. The predicted molar refractivity (Wildman–Crippen MR) is 59.1 cm³/mol. The van der Waals surface area contributed by atoms with E-state index < -0.39 is 0 Å². The molecule has 0 N–H and O–H groups in total. The lowest BCUT2D eigenvalue weighted by Gasteiger charge is -1.95.